The molecule has 2 saturated carbocycles. The fourth-order valence-electron chi connectivity index (χ4n) is 3.17. The number of ether oxygens (including phenoxy) is 1. The van der Waals surface area contributed by atoms with E-state index in [1.54, 1.807) is 0 Å². The van der Waals surface area contributed by atoms with E-state index in [2.05, 4.69) is 5.32 Å². The van der Waals surface area contributed by atoms with Gasteiger partial charge in [0.15, 0.2) is 0 Å². The molecule has 1 spiro atoms. The minimum atomic E-state index is 0. The van der Waals surface area contributed by atoms with E-state index in [1.165, 1.54) is 19.3 Å². The van der Waals surface area contributed by atoms with Gasteiger partial charge in [0.25, 0.3) is 0 Å². The van der Waals surface area contributed by atoms with E-state index in [9.17, 15) is 4.79 Å². The average molecular weight is 277 g/mol. The van der Waals surface area contributed by atoms with Crippen LogP contribution in [0.25, 0.3) is 0 Å². The summed E-state index contributed by atoms with van der Waals surface area (Å²) < 4.78 is 5.76. The van der Waals surface area contributed by atoms with Crippen molar-refractivity contribution in [2.24, 2.45) is 11.1 Å². The zero-order valence-electron chi connectivity index (χ0n) is 11.1. The van der Waals surface area contributed by atoms with Crippen molar-refractivity contribution in [1.82, 2.24) is 5.32 Å². The zero-order chi connectivity index (χ0) is 12.3. The Hall–Kier alpha value is -0.320. The molecule has 2 aliphatic rings. The van der Waals surface area contributed by atoms with Crippen molar-refractivity contribution in [1.29, 1.82) is 0 Å². The molecule has 0 radical (unpaired) electrons. The van der Waals surface area contributed by atoms with Crippen LogP contribution >= 0.6 is 12.4 Å². The molecule has 2 aliphatic carbocycles. The van der Waals surface area contributed by atoms with Crippen LogP contribution in [0.1, 0.15) is 45.4 Å². The van der Waals surface area contributed by atoms with E-state index in [0.717, 1.165) is 19.4 Å². The first-order valence-electron chi connectivity index (χ1n) is 6.84. The van der Waals surface area contributed by atoms with Gasteiger partial charge >= 0.3 is 0 Å². The molecule has 5 heteroatoms. The lowest BCUT2D eigenvalue weighted by molar-refractivity contribution is -0.175. The number of halogens is 1. The Bertz CT molecular complexity index is 282. The molecule has 3 N–H and O–H groups in total. The quantitative estimate of drug-likeness (QED) is 0.775. The Labute approximate surface area is 115 Å². The molecule has 18 heavy (non-hydrogen) atoms. The monoisotopic (exact) mass is 276 g/mol. The van der Waals surface area contributed by atoms with Gasteiger partial charge in [-0.3, -0.25) is 4.79 Å². The van der Waals surface area contributed by atoms with Gasteiger partial charge in [-0.05, 0) is 39.2 Å². The van der Waals surface area contributed by atoms with Crippen molar-refractivity contribution in [3.8, 4) is 0 Å². The molecule has 0 saturated heterocycles. The molecule has 2 fully saturated rings. The van der Waals surface area contributed by atoms with Crippen molar-refractivity contribution in [2.75, 3.05) is 13.2 Å². The van der Waals surface area contributed by atoms with Crippen molar-refractivity contribution in [2.45, 2.75) is 57.6 Å². The summed E-state index contributed by atoms with van der Waals surface area (Å²) in [5.41, 5.74) is 5.68. The van der Waals surface area contributed by atoms with Crippen LogP contribution in [0.5, 0.6) is 0 Å². The molecule has 106 valence electrons. The summed E-state index contributed by atoms with van der Waals surface area (Å²) in [5.74, 6) is 0.154. The Kier molecular flexibility index (Phi) is 5.89. The maximum absolute atomic E-state index is 11.7. The van der Waals surface area contributed by atoms with Crippen LogP contribution in [0, 0.1) is 5.41 Å². The molecule has 2 unspecified atom stereocenters. The lowest BCUT2D eigenvalue weighted by Crippen LogP contribution is -2.67. The van der Waals surface area contributed by atoms with Crippen molar-refractivity contribution < 1.29 is 9.53 Å². The van der Waals surface area contributed by atoms with Gasteiger partial charge in [0.05, 0.1) is 6.10 Å². The second-order valence-electron chi connectivity index (χ2n) is 5.28. The second kappa shape index (κ2) is 6.73. The number of nitrogens with one attached hydrogen (secondary N) is 1. The molecule has 2 rings (SSSR count). The van der Waals surface area contributed by atoms with E-state index < -0.39 is 0 Å². The van der Waals surface area contributed by atoms with E-state index in [4.69, 9.17) is 10.5 Å². The molecule has 0 bridgehead atoms. The predicted octanol–water partition coefficient (Wildman–Crippen LogP) is 1.61. The van der Waals surface area contributed by atoms with E-state index in [-0.39, 0.29) is 23.7 Å². The fraction of sp³-hybridized carbons (Fsp3) is 0.923. The zero-order valence-corrected chi connectivity index (χ0v) is 11.9. The van der Waals surface area contributed by atoms with Crippen LogP contribution in [0.4, 0.5) is 0 Å². The Balaban J connectivity index is 0.00000162. The molecule has 0 aromatic rings. The van der Waals surface area contributed by atoms with Gasteiger partial charge in [0.2, 0.25) is 5.91 Å². The van der Waals surface area contributed by atoms with Crippen LogP contribution in [-0.4, -0.2) is 31.2 Å². The number of nitrogens with two attached hydrogens (primary N) is 1. The lowest BCUT2D eigenvalue weighted by atomic mass is 9.51. The third-order valence-electron chi connectivity index (χ3n) is 4.38. The third-order valence-corrected chi connectivity index (χ3v) is 4.38. The number of amides is 1. The smallest absolute Gasteiger partial charge is 0.220 e. The minimum absolute atomic E-state index is 0. The van der Waals surface area contributed by atoms with Gasteiger partial charge in [0, 0.05) is 24.5 Å². The summed E-state index contributed by atoms with van der Waals surface area (Å²) >= 11 is 0. The maximum atomic E-state index is 11.7. The first-order chi connectivity index (χ1) is 8.23. The van der Waals surface area contributed by atoms with Gasteiger partial charge in [-0.15, -0.1) is 12.4 Å². The minimum Gasteiger partial charge on any atom is -0.378 e. The summed E-state index contributed by atoms with van der Waals surface area (Å²) in [6.45, 7) is 3.41. The molecule has 1 amide bonds. The van der Waals surface area contributed by atoms with E-state index in [1.807, 2.05) is 6.92 Å². The van der Waals surface area contributed by atoms with E-state index in [0.29, 0.717) is 25.1 Å². The Morgan fingerprint density at radius 3 is 2.72 bits per heavy atom. The molecule has 4 nitrogen and oxygen atoms in total. The second-order valence-corrected chi connectivity index (χ2v) is 5.28. The van der Waals surface area contributed by atoms with Crippen LogP contribution < -0.4 is 11.1 Å². The number of hydrogen-bond acceptors (Lipinski definition) is 3. The summed E-state index contributed by atoms with van der Waals surface area (Å²) in [6, 6.07) is 0.345. The number of carbonyl (C=O) groups excluding carboxylic acids is 1. The Morgan fingerprint density at radius 1 is 1.50 bits per heavy atom. The SMILES string of the molecule is CCOC1CC(NC(=O)CCCN)C12CCC2.Cl. The highest BCUT2D eigenvalue weighted by atomic mass is 35.5. The van der Waals surface area contributed by atoms with Crippen molar-refractivity contribution in [3.63, 3.8) is 0 Å². The fourth-order valence-corrected chi connectivity index (χ4v) is 3.17. The van der Waals surface area contributed by atoms with Gasteiger partial charge in [0.1, 0.15) is 0 Å². The van der Waals surface area contributed by atoms with Gasteiger partial charge in [-0.1, -0.05) is 6.42 Å². The molecule has 2 atom stereocenters. The van der Waals surface area contributed by atoms with Gasteiger partial charge in [-0.2, -0.15) is 0 Å². The van der Waals surface area contributed by atoms with Gasteiger partial charge in [-0.25, -0.2) is 0 Å². The topological polar surface area (TPSA) is 64.3 Å². The number of carbonyl (C=O) groups is 1. The normalized spacial score (nSPS) is 27.9. The third kappa shape index (κ3) is 2.81. The van der Waals surface area contributed by atoms with Crippen LogP contribution in [0.3, 0.4) is 0 Å². The van der Waals surface area contributed by atoms with E-state index >= 15 is 0 Å². The molecule has 0 aliphatic heterocycles. The lowest BCUT2D eigenvalue weighted by Gasteiger charge is -2.61. The highest BCUT2D eigenvalue weighted by molar-refractivity contribution is 5.85. The predicted molar refractivity (Wildman–Crippen MR) is 73.8 cm³/mol. The molecular weight excluding hydrogens is 252 g/mol. The summed E-state index contributed by atoms with van der Waals surface area (Å²) in [7, 11) is 0. The first kappa shape index (κ1) is 15.7. The van der Waals surface area contributed by atoms with Crippen molar-refractivity contribution in [3.05, 3.63) is 0 Å². The average Bonchev–Trinajstić information content (AvgIpc) is 2.22. The highest BCUT2D eigenvalue weighted by Gasteiger charge is 2.59. The Morgan fingerprint density at radius 2 is 2.22 bits per heavy atom. The standard InChI is InChI=1S/C13H24N2O2.ClH/c1-2-17-11-9-10(13(11)6-4-7-13)15-12(16)5-3-8-14;/h10-11H,2-9,14H2,1H3,(H,15,16);1H. The first-order valence-corrected chi connectivity index (χ1v) is 6.84. The number of hydrogen-bond donors (Lipinski definition) is 2. The van der Waals surface area contributed by atoms with Crippen LogP contribution in [0.2, 0.25) is 0 Å². The van der Waals surface area contributed by atoms with Crippen LogP contribution in [-0.2, 0) is 9.53 Å². The molecule has 0 heterocycles. The maximum Gasteiger partial charge on any atom is 0.220 e. The van der Waals surface area contributed by atoms with Gasteiger partial charge < -0.3 is 15.8 Å². The van der Waals surface area contributed by atoms with Crippen LogP contribution in [0.15, 0.2) is 0 Å². The molecule has 0 aromatic heterocycles. The summed E-state index contributed by atoms with van der Waals surface area (Å²) in [5, 5.41) is 3.16. The summed E-state index contributed by atoms with van der Waals surface area (Å²) in [6.07, 6.45) is 6.39. The van der Waals surface area contributed by atoms with Crippen molar-refractivity contribution >= 4 is 18.3 Å². The molecule has 0 aromatic carbocycles. The number of rotatable bonds is 6. The largest absolute Gasteiger partial charge is 0.378 e. The highest BCUT2D eigenvalue weighted by Crippen LogP contribution is 2.57. The summed E-state index contributed by atoms with van der Waals surface area (Å²) in [4.78, 5) is 11.7. The molecular formula is C13H25ClN2O2.